The largest absolute Gasteiger partial charge is 0.381 e. The Balaban J connectivity index is 1.64. The summed E-state index contributed by atoms with van der Waals surface area (Å²) in [4.78, 5) is 4.08. The molecule has 0 spiro atoms. The standard InChI is InChI=1S/C13H16N4/c14-7-11-3-4-12(8-15-11)17-13-5-9-1-2-10(6-13)16-9/h3-4,8-10,13,16-17H,1-2,5-6H2. The van der Waals surface area contributed by atoms with Crippen LogP contribution in [0.5, 0.6) is 0 Å². The summed E-state index contributed by atoms with van der Waals surface area (Å²) in [5.74, 6) is 0. The van der Waals surface area contributed by atoms with Gasteiger partial charge in [-0.3, -0.25) is 0 Å². The number of rotatable bonds is 2. The summed E-state index contributed by atoms with van der Waals surface area (Å²) in [7, 11) is 0. The van der Waals surface area contributed by atoms with E-state index in [1.54, 1.807) is 12.3 Å². The van der Waals surface area contributed by atoms with Gasteiger partial charge in [0.2, 0.25) is 0 Å². The van der Waals surface area contributed by atoms with E-state index in [1.807, 2.05) is 12.1 Å². The maximum atomic E-state index is 8.69. The molecule has 0 aliphatic carbocycles. The van der Waals surface area contributed by atoms with Crippen molar-refractivity contribution < 1.29 is 0 Å². The molecule has 2 unspecified atom stereocenters. The lowest BCUT2D eigenvalue weighted by atomic mass is 10.00. The third-order valence-corrected chi connectivity index (χ3v) is 3.72. The van der Waals surface area contributed by atoms with Crippen LogP contribution in [0.1, 0.15) is 31.4 Å². The highest BCUT2D eigenvalue weighted by Gasteiger charge is 2.33. The molecule has 1 aromatic heterocycles. The van der Waals surface area contributed by atoms with E-state index in [2.05, 4.69) is 15.6 Å². The average molecular weight is 228 g/mol. The first-order valence-corrected chi connectivity index (χ1v) is 6.22. The van der Waals surface area contributed by atoms with Crippen LogP contribution >= 0.6 is 0 Å². The zero-order valence-electron chi connectivity index (χ0n) is 9.69. The van der Waals surface area contributed by atoms with Gasteiger partial charge in [0.15, 0.2) is 0 Å². The van der Waals surface area contributed by atoms with E-state index in [1.165, 1.54) is 25.7 Å². The van der Waals surface area contributed by atoms with Crippen LogP contribution in [0, 0.1) is 11.3 Å². The summed E-state index contributed by atoms with van der Waals surface area (Å²) >= 11 is 0. The highest BCUT2D eigenvalue weighted by molar-refractivity contribution is 5.43. The number of nitriles is 1. The summed E-state index contributed by atoms with van der Waals surface area (Å²) in [6, 6.07) is 7.66. The first kappa shape index (κ1) is 10.5. The van der Waals surface area contributed by atoms with Gasteiger partial charge < -0.3 is 10.6 Å². The van der Waals surface area contributed by atoms with Crippen molar-refractivity contribution in [3.8, 4) is 6.07 Å². The molecule has 2 fully saturated rings. The number of hydrogen-bond donors (Lipinski definition) is 2. The Hall–Kier alpha value is -1.60. The van der Waals surface area contributed by atoms with Crippen molar-refractivity contribution in [2.45, 2.75) is 43.8 Å². The molecule has 1 aromatic rings. The minimum absolute atomic E-state index is 0.473. The van der Waals surface area contributed by atoms with Crippen molar-refractivity contribution in [2.24, 2.45) is 0 Å². The molecular formula is C13H16N4. The first-order chi connectivity index (χ1) is 8.33. The monoisotopic (exact) mass is 228 g/mol. The number of anilines is 1. The van der Waals surface area contributed by atoms with Crippen LogP contribution in [0.25, 0.3) is 0 Å². The predicted molar refractivity (Wildman–Crippen MR) is 65.5 cm³/mol. The molecule has 0 saturated carbocycles. The lowest BCUT2D eigenvalue weighted by Crippen LogP contribution is -2.43. The highest BCUT2D eigenvalue weighted by atomic mass is 15.0. The van der Waals surface area contributed by atoms with Crippen molar-refractivity contribution in [1.29, 1.82) is 5.26 Å². The van der Waals surface area contributed by atoms with Gasteiger partial charge in [0.05, 0.1) is 11.9 Å². The maximum Gasteiger partial charge on any atom is 0.140 e. The molecule has 0 amide bonds. The van der Waals surface area contributed by atoms with Gasteiger partial charge in [0.1, 0.15) is 11.8 Å². The molecule has 2 aliphatic rings. The number of aromatic nitrogens is 1. The second kappa shape index (κ2) is 4.34. The minimum Gasteiger partial charge on any atom is -0.381 e. The fourth-order valence-corrected chi connectivity index (χ4v) is 2.96. The van der Waals surface area contributed by atoms with Crippen LogP contribution in [0.15, 0.2) is 18.3 Å². The Morgan fingerprint density at radius 3 is 2.65 bits per heavy atom. The Morgan fingerprint density at radius 2 is 2.06 bits per heavy atom. The Morgan fingerprint density at radius 1 is 1.29 bits per heavy atom. The van der Waals surface area contributed by atoms with Gasteiger partial charge in [-0.25, -0.2) is 4.98 Å². The molecule has 0 radical (unpaired) electrons. The summed E-state index contributed by atoms with van der Waals surface area (Å²) in [5, 5.41) is 15.8. The number of pyridine rings is 1. The van der Waals surface area contributed by atoms with E-state index in [0.717, 1.165) is 5.69 Å². The average Bonchev–Trinajstić information content (AvgIpc) is 2.70. The molecule has 2 bridgehead atoms. The highest BCUT2D eigenvalue weighted by Crippen LogP contribution is 2.28. The zero-order chi connectivity index (χ0) is 11.7. The molecule has 2 aliphatic heterocycles. The Labute approximate surface area is 101 Å². The van der Waals surface area contributed by atoms with Crippen LogP contribution in [0.4, 0.5) is 5.69 Å². The zero-order valence-corrected chi connectivity index (χ0v) is 9.69. The maximum absolute atomic E-state index is 8.69. The number of fused-ring (bicyclic) bond motifs is 2. The van der Waals surface area contributed by atoms with Gasteiger partial charge >= 0.3 is 0 Å². The summed E-state index contributed by atoms with van der Waals surface area (Å²) in [6.07, 6.45) is 6.76. The van der Waals surface area contributed by atoms with Gasteiger partial charge in [0, 0.05) is 18.1 Å². The summed E-state index contributed by atoms with van der Waals surface area (Å²) < 4.78 is 0. The van der Waals surface area contributed by atoms with Gasteiger partial charge in [-0.2, -0.15) is 5.26 Å². The van der Waals surface area contributed by atoms with Crippen molar-refractivity contribution >= 4 is 5.69 Å². The second-order valence-electron chi connectivity index (χ2n) is 4.99. The molecule has 2 N–H and O–H groups in total. The van der Waals surface area contributed by atoms with Gasteiger partial charge in [-0.05, 0) is 37.8 Å². The summed E-state index contributed by atoms with van der Waals surface area (Å²) in [5.41, 5.74) is 1.50. The minimum atomic E-state index is 0.473. The van der Waals surface area contributed by atoms with E-state index >= 15 is 0 Å². The molecule has 3 heterocycles. The number of nitrogens with one attached hydrogen (secondary N) is 2. The van der Waals surface area contributed by atoms with Crippen LogP contribution in [0.2, 0.25) is 0 Å². The first-order valence-electron chi connectivity index (χ1n) is 6.22. The van der Waals surface area contributed by atoms with Crippen molar-refractivity contribution in [1.82, 2.24) is 10.3 Å². The van der Waals surface area contributed by atoms with Gasteiger partial charge in [-0.15, -0.1) is 0 Å². The quantitative estimate of drug-likeness (QED) is 0.808. The normalized spacial score (nSPS) is 30.9. The van der Waals surface area contributed by atoms with Crippen molar-refractivity contribution in [3.05, 3.63) is 24.0 Å². The number of piperidine rings is 1. The molecular weight excluding hydrogens is 212 g/mol. The molecule has 2 saturated heterocycles. The number of hydrogen-bond acceptors (Lipinski definition) is 4. The molecule has 3 rings (SSSR count). The topological polar surface area (TPSA) is 60.7 Å². The van der Waals surface area contributed by atoms with E-state index in [4.69, 9.17) is 5.26 Å². The molecule has 2 atom stereocenters. The van der Waals surface area contributed by atoms with E-state index in [9.17, 15) is 0 Å². The van der Waals surface area contributed by atoms with Crippen LogP contribution in [-0.4, -0.2) is 23.1 Å². The molecule has 88 valence electrons. The van der Waals surface area contributed by atoms with Gasteiger partial charge in [-0.1, -0.05) is 0 Å². The van der Waals surface area contributed by atoms with E-state index in [0.29, 0.717) is 23.8 Å². The molecule has 4 nitrogen and oxygen atoms in total. The predicted octanol–water partition coefficient (Wildman–Crippen LogP) is 1.65. The SMILES string of the molecule is N#Cc1ccc(NC2CC3CCC(C2)N3)cn1. The molecule has 0 aromatic carbocycles. The Kier molecular flexibility index (Phi) is 2.69. The molecule has 17 heavy (non-hydrogen) atoms. The van der Waals surface area contributed by atoms with Gasteiger partial charge in [0.25, 0.3) is 0 Å². The second-order valence-corrected chi connectivity index (χ2v) is 4.99. The lowest BCUT2D eigenvalue weighted by Gasteiger charge is -2.30. The summed E-state index contributed by atoms with van der Waals surface area (Å²) in [6.45, 7) is 0. The van der Waals surface area contributed by atoms with E-state index < -0.39 is 0 Å². The van der Waals surface area contributed by atoms with E-state index in [-0.39, 0.29) is 0 Å². The fourth-order valence-electron chi connectivity index (χ4n) is 2.96. The van der Waals surface area contributed by atoms with Crippen LogP contribution < -0.4 is 10.6 Å². The third kappa shape index (κ3) is 2.25. The number of nitrogens with zero attached hydrogens (tertiary/aromatic N) is 2. The van der Waals surface area contributed by atoms with Crippen molar-refractivity contribution in [2.75, 3.05) is 5.32 Å². The fraction of sp³-hybridized carbons (Fsp3) is 0.538. The Bertz CT molecular complexity index is 422. The van der Waals surface area contributed by atoms with Crippen molar-refractivity contribution in [3.63, 3.8) is 0 Å². The third-order valence-electron chi connectivity index (χ3n) is 3.72. The lowest BCUT2D eigenvalue weighted by molar-refractivity contribution is 0.378. The smallest absolute Gasteiger partial charge is 0.140 e. The molecule has 4 heteroatoms. The van der Waals surface area contributed by atoms with Crippen LogP contribution in [0.3, 0.4) is 0 Å². The van der Waals surface area contributed by atoms with Crippen LogP contribution in [-0.2, 0) is 0 Å².